The molecule has 1 aliphatic heterocycles. The van der Waals surface area contributed by atoms with Gasteiger partial charge in [0.15, 0.2) is 0 Å². The van der Waals surface area contributed by atoms with Crippen molar-refractivity contribution in [3.05, 3.63) is 59.8 Å². The summed E-state index contributed by atoms with van der Waals surface area (Å²) in [6, 6.07) is 11.6. The zero-order chi connectivity index (χ0) is 18.8. The first-order chi connectivity index (χ1) is 13.1. The molecule has 0 saturated carbocycles. The average molecular weight is 362 g/mol. The summed E-state index contributed by atoms with van der Waals surface area (Å²) in [7, 11) is 0. The van der Waals surface area contributed by atoms with Crippen LogP contribution in [0.2, 0.25) is 0 Å². The van der Waals surface area contributed by atoms with Crippen LogP contribution in [-0.4, -0.2) is 45.0 Å². The number of carbonyl (C=O) groups excluding carboxylic acids is 1. The molecule has 27 heavy (non-hydrogen) atoms. The second-order valence-corrected chi connectivity index (χ2v) is 6.88. The first kappa shape index (κ1) is 17.4. The number of carbonyl (C=O) groups is 1. The van der Waals surface area contributed by atoms with Crippen molar-refractivity contribution < 1.29 is 9.53 Å². The Hall–Kier alpha value is -3.02. The minimum atomic E-state index is -0.0148. The standard InChI is InChI=1S/C21H22N4O2/c1-14-13-19(24-15(2)23-14)27-17-8-11-25(12-9-17)21(26)20-18-6-4-3-5-16(18)7-10-22-20/h3-7,10,13,17H,8-9,11-12H2,1-2H3. The molecule has 1 fully saturated rings. The highest BCUT2D eigenvalue weighted by Gasteiger charge is 2.26. The summed E-state index contributed by atoms with van der Waals surface area (Å²) < 4.78 is 6.02. The van der Waals surface area contributed by atoms with E-state index in [1.54, 1.807) is 6.20 Å². The topological polar surface area (TPSA) is 68.2 Å². The lowest BCUT2D eigenvalue weighted by Crippen LogP contribution is -2.42. The molecule has 138 valence electrons. The van der Waals surface area contributed by atoms with E-state index in [1.807, 2.05) is 55.1 Å². The van der Waals surface area contributed by atoms with Crippen LogP contribution in [0.1, 0.15) is 34.8 Å². The van der Waals surface area contributed by atoms with E-state index in [-0.39, 0.29) is 12.0 Å². The van der Waals surface area contributed by atoms with Gasteiger partial charge < -0.3 is 9.64 Å². The van der Waals surface area contributed by atoms with Crippen LogP contribution in [0.4, 0.5) is 0 Å². The molecule has 1 amide bonds. The molecule has 4 rings (SSSR count). The third-order valence-electron chi connectivity index (χ3n) is 4.84. The van der Waals surface area contributed by atoms with E-state index in [2.05, 4.69) is 15.0 Å². The monoisotopic (exact) mass is 362 g/mol. The number of rotatable bonds is 3. The summed E-state index contributed by atoms with van der Waals surface area (Å²) in [5.41, 5.74) is 1.42. The predicted molar refractivity (Wildman–Crippen MR) is 103 cm³/mol. The Morgan fingerprint density at radius 3 is 2.67 bits per heavy atom. The lowest BCUT2D eigenvalue weighted by molar-refractivity contribution is 0.0584. The second kappa shape index (κ2) is 7.31. The van der Waals surface area contributed by atoms with Crippen LogP contribution in [-0.2, 0) is 0 Å². The smallest absolute Gasteiger partial charge is 0.273 e. The number of aromatic nitrogens is 3. The molecule has 0 spiro atoms. The molecule has 0 N–H and O–H groups in total. The number of pyridine rings is 1. The summed E-state index contributed by atoms with van der Waals surface area (Å²) >= 11 is 0. The highest BCUT2D eigenvalue weighted by atomic mass is 16.5. The van der Waals surface area contributed by atoms with E-state index in [9.17, 15) is 4.79 Å². The number of ether oxygens (including phenoxy) is 1. The van der Waals surface area contributed by atoms with E-state index >= 15 is 0 Å². The molecule has 0 atom stereocenters. The fourth-order valence-electron chi connectivity index (χ4n) is 3.53. The quantitative estimate of drug-likeness (QED) is 0.715. The molecule has 0 unspecified atom stereocenters. The Bertz CT molecular complexity index is 955. The largest absolute Gasteiger partial charge is 0.474 e. The van der Waals surface area contributed by atoms with Gasteiger partial charge in [0.1, 0.15) is 17.6 Å². The minimum absolute atomic E-state index is 0.0148. The van der Waals surface area contributed by atoms with Gasteiger partial charge in [-0.3, -0.25) is 9.78 Å². The summed E-state index contributed by atoms with van der Waals surface area (Å²) in [5.74, 6) is 1.30. The van der Waals surface area contributed by atoms with E-state index in [1.165, 1.54) is 0 Å². The Kier molecular flexibility index (Phi) is 4.71. The zero-order valence-corrected chi connectivity index (χ0v) is 15.6. The Labute approximate surface area is 158 Å². The first-order valence-electron chi connectivity index (χ1n) is 9.22. The molecule has 6 heteroatoms. The fourth-order valence-corrected chi connectivity index (χ4v) is 3.53. The molecule has 3 aromatic rings. The van der Waals surface area contributed by atoms with Crippen molar-refractivity contribution in [2.45, 2.75) is 32.8 Å². The highest BCUT2D eigenvalue weighted by Crippen LogP contribution is 2.22. The van der Waals surface area contributed by atoms with Crippen molar-refractivity contribution in [3.63, 3.8) is 0 Å². The molecule has 1 saturated heterocycles. The Morgan fingerprint density at radius 1 is 1.11 bits per heavy atom. The fraction of sp³-hybridized carbons (Fsp3) is 0.333. The summed E-state index contributed by atoms with van der Waals surface area (Å²) in [6.45, 7) is 5.09. The number of fused-ring (bicyclic) bond motifs is 1. The molecule has 0 aliphatic carbocycles. The Morgan fingerprint density at radius 2 is 1.89 bits per heavy atom. The van der Waals surface area contributed by atoms with Crippen LogP contribution >= 0.6 is 0 Å². The van der Waals surface area contributed by atoms with Crippen LogP contribution < -0.4 is 4.74 Å². The predicted octanol–water partition coefficient (Wildman–Crippen LogP) is 3.33. The number of aryl methyl sites for hydroxylation is 2. The van der Waals surface area contributed by atoms with Crippen molar-refractivity contribution in [1.82, 2.24) is 19.9 Å². The molecular formula is C21H22N4O2. The van der Waals surface area contributed by atoms with E-state index in [4.69, 9.17) is 4.74 Å². The van der Waals surface area contributed by atoms with Crippen LogP contribution in [0, 0.1) is 13.8 Å². The molecule has 0 radical (unpaired) electrons. The van der Waals surface area contributed by atoms with Crippen LogP contribution in [0.25, 0.3) is 10.8 Å². The summed E-state index contributed by atoms with van der Waals surface area (Å²) in [5, 5.41) is 1.93. The maximum atomic E-state index is 13.0. The molecule has 1 aliphatic rings. The lowest BCUT2D eigenvalue weighted by atomic mass is 10.1. The normalized spacial score (nSPS) is 15.1. The van der Waals surface area contributed by atoms with Crippen molar-refractivity contribution in [2.24, 2.45) is 0 Å². The number of amides is 1. The number of nitrogens with zero attached hydrogens (tertiary/aromatic N) is 4. The third kappa shape index (κ3) is 3.74. The second-order valence-electron chi connectivity index (χ2n) is 6.88. The number of benzene rings is 1. The summed E-state index contributed by atoms with van der Waals surface area (Å²) in [6.07, 6.45) is 3.31. The van der Waals surface area contributed by atoms with Crippen LogP contribution in [0.5, 0.6) is 5.88 Å². The van der Waals surface area contributed by atoms with Crippen molar-refractivity contribution >= 4 is 16.7 Å². The Balaban J connectivity index is 1.43. The van der Waals surface area contributed by atoms with Gasteiger partial charge in [-0.15, -0.1) is 0 Å². The molecule has 2 aromatic heterocycles. The number of hydrogen-bond donors (Lipinski definition) is 0. The van der Waals surface area contributed by atoms with E-state index < -0.39 is 0 Å². The van der Waals surface area contributed by atoms with Gasteiger partial charge >= 0.3 is 0 Å². The number of piperidine rings is 1. The third-order valence-corrected chi connectivity index (χ3v) is 4.84. The maximum Gasteiger partial charge on any atom is 0.273 e. The molecular weight excluding hydrogens is 340 g/mol. The van der Waals surface area contributed by atoms with Gasteiger partial charge in [0, 0.05) is 49.3 Å². The van der Waals surface area contributed by atoms with Gasteiger partial charge in [-0.25, -0.2) is 4.98 Å². The first-order valence-corrected chi connectivity index (χ1v) is 9.22. The van der Waals surface area contributed by atoms with Gasteiger partial charge in [-0.2, -0.15) is 4.98 Å². The molecule has 6 nitrogen and oxygen atoms in total. The highest BCUT2D eigenvalue weighted by molar-refractivity contribution is 6.05. The minimum Gasteiger partial charge on any atom is -0.474 e. The molecule has 3 heterocycles. The van der Waals surface area contributed by atoms with Gasteiger partial charge in [0.2, 0.25) is 5.88 Å². The van der Waals surface area contributed by atoms with Crippen LogP contribution in [0.15, 0.2) is 42.6 Å². The zero-order valence-electron chi connectivity index (χ0n) is 15.6. The average Bonchev–Trinajstić information content (AvgIpc) is 2.67. The van der Waals surface area contributed by atoms with Gasteiger partial charge in [-0.05, 0) is 25.3 Å². The number of likely N-dealkylation sites (tertiary alicyclic amines) is 1. The van der Waals surface area contributed by atoms with E-state index in [0.717, 1.165) is 29.3 Å². The number of hydrogen-bond acceptors (Lipinski definition) is 5. The van der Waals surface area contributed by atoms with Gasteiger partial charge in [0.05, 0.1) is 0 Å². The van der Waals surface area contributed by atoms with Crippen molar-refractivity contribution in [2.75, 3.05) is 13.1 Å². The molecule has 1 aromatic carbocycles. The molecule has 0 bridgehead atoms. The van der Waals surface area contributed by atoms with Crippen molar-refractivity contribution in [3.8, 4) is 5.88 Å². The lowest BCUT2D eigenvalue weighted by Gasteiger charge is -2.32. The van der Waals surface area contributed by atoms with Gasteiger partial charge in [0.25, 0.3) is 5.91 Å². The maximum absolute atomic E-state index is 13.0. The van der Waals surface area contributed by atoms with E-state index in [0.29, 0.717) is 30.5 Å². The SMILES string of the molecule is Cc1cc(OC2CCN(C(=O)c3nccc4ccccc34)CC2)nc(C)n1. The van der Waals surface area contributed by atoms with Gasteiger partial charge in [-0.1, -0.05) is 24.3 Å². The summed E-state index contributed by atoms with van der Waals surface area (Å²) in [4.78, 5) is 27.8. The van der Waals surface area contributed by atoms with Crippen molar-refractivity contribution in [1.29, 1.82) is 0 Å². The van der Waals surface area contributed by atoms with Crippen LogP contribution in [0.3, 0.4) is 0 Å².